The van der Waals surface area contributed by atoms with Crippen molar-refractivity contribution in [3.05, 3.63) is 0 Å². The van der Waals surface area contributed by atoms with E-state index in [2.05, 4.69) is 26.1 Å². The van der Waals surface area contributed by atoms with Crippen LogP contribution in [-0.2, 0) is 0 Å². The fraction of sp³-hybridized carbons (Fsp3) is 0.909. The molecule has 2 fully saturated rings. The number of nitrogens with zero attached hydrogens (tertiary/aromatic N) is 1. The van der Waals surface area contributed by atoms with Gasteiger partial charge < -0.3 is 15.3 Å². The summed E-state index contributed by atoms with van der Waals surface area (Å²) in [7, 11) is 0. The summed E-state index contributed by atoms with van der Waals surface area (Å²) in [5.74, 6) is 0.537. The molecule has 0 saturated carbocycles. The average Bonchev–Trinajstić information content (AvgIpc) is 2.03. The van der Waals surface area contributed by atoms with Crippen molar-refractivity contribution >= 4 is 6.09 Å². The van der Waals surface area contributed by atoms with E-state index in [1.54, 1.807) is 4.90 Å². The number of carbonyl (C=O) groups is 1. The minimum Gasteiger partial charge on any atom is -0.465 e. The van der Waals surface area contributed by atoms with Crippen LogP contribution in [0.25, 0.3) is 0 Å². The predicted octanol–water partition coefficient (Wildman–Crippen LogP) is 1.37. The van der Waals surface area contributed by atoms with Gasteiger partial charge in [-0.05, 0) is 18.4 Å². The summed E-state index contributed by atoms with van der Waals surface area (Å²) in [6.45, 7) is 8.96. The van der Waals surface area contributed by atoms with Crippen LogP contribution in [0, 0.1) is 11.3 Å². The smallest absolute Gasteiger partial charge is 0.407 e. The monoisotopic (exact) mass is 212 g/mol. The van der Waals surface area contributed by atoms with E-state index in [0.717, 1.165) is 19.5 Å². The quantitative estimate of drug-likeness (QED) is 0.637. The van der Waals surface area contributed by atoms with E-state index in [0.29, 0.717) is 12.5 Å². The maximum absolute atomic E-state index is 11.2. The second kappa shape index (κ2) is 3.11. The predicted molar refractivity (Wildman–Crippen MR) is 57.9 cm³/mol. The van der Waals surface area contributed by atoms with Crippen LogP contribution in [0.5, 0.6) is 0 Å². The molecule has 0 aromatic rings. The molecule has 4 heteroatoms. The van der Waals surface area contributed by atoms with E-state index < -0.39 is 6.09 Å². The number of fused-ring (bicyclic) bond motifs is 1. The molecular formula is C11H20N2O2. The zero-order valence-corrected chi connectivity index (χ0v) is 9.71. The first-order valence-electron chi connectivity index (χ1n) is 5.61. The van der Waals surface area contributed by atoms with E-state index in [9.17, 15) is 9.90 Å². The standard InChI is InChI=1S/C11H20N2O2/c1-10(2,3)11-7-12-5-4-8(11)6-13(11)9(14)15/h8,12H,4-7H2,1-3H3,(H,14,15)/t8-,11+/m1/s1. The summed E-state index contributed by atoms with van der Waals surface area (Å²) in [6.07, 6.45) is 0.325. The molecule has 0 bridgehead atoms. The van der Waals surface area contributed by atoms with Gasteiger partial charge in [0, 0.05) is 19.0 Å². The molecule has 2 saturated heterocycles. The van der Waals surface area contributed by atoms with Crippen molar-refractivity contribution < 1.29 is 9.90 Å². The summed E-state index contributed by atoms with van der Waals surface area (Å²) < 4.78 is 0. The van der Waals surface area contributed by atoms with Gasteiger partial charge in [-0.3, -0.25) is 0 Å². The van der Waals surface area contributed by atoms with Crippen LogP contribution in [-0.4, -0.2) is 41.3 Å². The van der Waals surface area contributed by atoms with Gasteiger partial charge >= 0.3 is 6.09 Å². The zero-order valence-electron chi connectivity index (χ0n) is 9.71. The molecule has 0 aromatic carbocycles. The van der Waals surface area contributed by atoms with Gasteiger partial charge in [-0.15, -0.1) is 0 Å². The lowest BCUT2D eigenvalue weighted by molar-refractivity contribution is -0.139. The molecule has 15 heavy (non-hydrogen) atoms. The van der Waals surface area contributed by atoms with Crippen LogP contribution in [0.1, 0.15) is 27.2 Å². The van der Waals surface area contributed by atoms with E-state index >= 15 is 0 Å². The Morgan fingerprint density at radius 1 is 1.53 bits per heavy atom. The molecule has 4 nitrogen and oxygen atoms in total. The summed E-state index contributed by atoms with van der Waals surface area (Å²) in [4.78, 5) is 12.8. The summed E-state index contributed by atoms with van der Waals surface area (Å²) in [5.41, 5.74) is -0.182. The molecule has 2 aliphatic heterocycles. The summed E-state index contributed by atoms with van der Waals surface area (Å²) >= 11 is 0. The highest BCUT2D eigenvalue weighted by Crippen LogP contribution is 2.51. The van der Waals surface area contributed by atoms with Crippen molar-refractivity contribution in [3.63, 3.8) is 0 Å². The van der Waals surface area contributed by atoms with Gasteiger partial charge in [0.25, 0.3) is 0 Å². The fourth-order valence-corrected chi connectivity index (χ4v) is 3.30. The number of rotatable bonds is 0. The van der Waals surface area contributed by atoms with Gasteiger partial charge in [0.1, 0.15) is 0 Å². The normalized spacial score (nSPS) is 35.7. The van der Waals surface area contributed by atoms with Gasteiger partial charge in [-0.25, -0.2) is 4.79 Å². The molecule has 0 spiro atoms. The Labute approximate surface area is 90.6 Å². The Bertz CT molecular complexity index is 285. The average molecular weight is 212 g/mol. The Balaban J connectivity index is 2.31. The van der Waals surface area contributed by atoms with Gasteiger partial charge in [-0.1, -0.05) is 20.8 Å². The van der Waals surface area contributed by atoms with Gasteiger partial charge in [-0.2, -0.15) is 0 Å². The number of piperidine rings is 1. The molecule has 2 rings (SSSR count). The Morgan fingerprint density at radius 3 is 2.67 bits per heavy atom. The number of hydrogen-bond acceptors (Lipinski definition) is 2. The van der Waals surface area contributed by atoms with Crippen molar-refractivity contribution in [1.82, 2.24) is 10.2 Å². The van der Waals surface area contributed by atoms with E-state index in [1.165, 1.54) is 0 Å². The number of likely N-dealkylation sites (tertiary alicyclic amines) is 1. The number of hydrogen-bond donors (Lipinski definition) is 2. The maximum atomic E-state index is 11.2. The lowest BCUT2D eigenvalue weighted by Crippen LogP contribution is -2.79. The Kier molecular flexibility index (Phi) is 2.23. The molecule has 0 radical (unpaired) electrons. The highest BCUT2D eigenvalue weighted by molar-refractivity contribution is 5.68. The van der Waals surface area contributed by atoms with Gasteiger partial charge in [0.2, 0.25) is 0 Å². The Morgan fingerprint density at radius 2 is 2.20 bits per heavy atom. The van der Waals surface area contributed by atoms with Crippen molar-refractivity contribution in [2.75, 3.05) is 19.6 Å². The lowest BCUT2D eigenvalue weighted by atomic mass is 9.57. The third-order valence-corrected chi connectivity index (χ3v) is 4.15. The SMILES string of the molecule is CC(C)(C)[C@]12CNCC[C@@H]1CN2C(=O)O. The summed E-state index contributed by atoms with van der Waals surface area (Å²) in [5, 5.41) is 12.5. The van der Waals surface area contributed by atoms with Gasteiger partial charge in [0.15, 0.2) is 0 Å². The topological polar surface area (TPSA) is 52.6 Å². The molecule has 1 amide bonds. The third-order valence-electron chi connectivity index (χ3n) is 4.15. The first-order valence-corrected chi connectivity index (χ1v) is 5.61. The molecule has 0 unspecified atom stereocenters. The second-order valence-electron chi connectivity index (χ2n) is 5.73. The first kappa shape index (κ1) is 10.7. The minimum absolute atomic E-state index is 0.00171. The second-order valence-corrected chi connectivity index (χ2v) is 5.73. The number of nitrogens with one attached hydrogen (secondary N) is 1. The van der Waals surface area contributed by atoms with Crippen molar-refractivity contribution in [3.8, 4) is 0 Å². The third kappa shape index (κ3) is 1.27. The van der Waals surface area contributed by atoms with Crippen molar-refractivity contribution in [2.24, 2.45) is 11.3 Å². The van der Waals surface area contributed by atoms with Gasteiger partial charge in [0.05, 0.1) is 5.54 Å². The molecule has 2 aliphatic rings. The Hall–Kier alpha value is -0.770. The lowest BCUT2D eigenvalue weighted by Gasteiger charge is -2.65. The fourth-order valence-electron chi connectivity index (χ4n) is 3.30. The number of amides is 1. The molecule has 0 aliphatic carbocycles. The van der Waals surface area contributed by atoms with Crippen LogP contribution in [0.4, 0.5) is 4.79 Å². The zero-order chi connectivity index (χ0) is 11.3. The molecule has 0 aromatic heterocycles. The van der Waals surface area contributed by atoms with E-state index in [-0.39, 0.29) is 11.0 Å². The molecule has 2 N–H and O–H groups in total. The van der Waals surface area contributed by atoms with Crippen LogP contribution in [0.3, 0.4) is 0 Å². The first-order chi connectivity index (χ1) is 6.89. The largest absolute Gasteiger partial charge is 0.465 e. The molecule has 86 valence electrons. The van der Waals surface area contributed by atoms with Crippen LogP contribution >= 0.6 is 0 Å². The number of carboxylic acid groups (broad SMARTS) is 1. The molecular weight excluding hydrogens is 192 g/mol. The summed E-state index contributed by atoms with van der Waals surface area (Å²) in [6, 6.07) is 0. The minimum atomic E-state index is -0.773. The highest BCUT2D eigenvalue weighted by Gasteiger charge is 2.62. The van der Waals surface area contributed by atoms with Crippen LogP contribution < -0.4 is 5.32 Å². The van der Waals surface area contributed by atoms with Crippen molar-refractivity contribution in [1.29, 1.82) is 0 Å². The van der Waals surface area contributed by atoms with Crippen LogP contribution in [0.15, 0.2) is 0 Å². The maximum Gasteiger partial charge on any atom is 0.407 e. The van der Waals surface area contributed by atoms with Crippen molar-refractivity contribution in [2.45, 2.75) is 32.7 Å². The van der Waals surface area contributed by atoms with Crippen LogP contribution in [0.2, 0.25) is 0 Å². The van der Waals surface area contributed by atoms with E-state index in [1.807, 2.05) is 0 Å². The van der Waals surface area contributed by atoms with E-state index in [4.69, 9.17) is 0 Å². The molecule has 2 atom stereocenters. The molecule has 2 heterocycles. The highest BCUT2D eigenvalue weighted by atomic mass is 16.4.